The van der Waals surface area contributed by atoms with Gasteiger partial charge in [-0.15, -0.1) is 0 Å². The lowest BCUT2D eigenvalue weighted by Crippen LogP contribution is -2.53. The summed E-state index contributed by atoms with van der Waals surface area (Å²) in [6.07, 6.45) is 7.37. The SMILES string of the molecule is CCCC1CC(N2CCCC(CC)(C(=O)O)C2)CCO1. The fourth-order valence-corrected chi connectivity index (χ4v) is 3.81. The van der Waals surface area contributed by atoms with Crippen molar-refractivity contribution in [3.05, 3.63) is 0 Å². The van der Waals surface area contributed by atoms with Crippen molar-refractivity contribution in [2.75, 3.05) is 19.7 Å². The van der Waals surface area contributed by atoms with E-state index in [0.717, 1.165) is 64.6 Å². The minimum absolute atomic E-state index is 0.376. The third-order valence-electron chi connectivity index (χ3n) is 5.20. The minimum Gasteiger partial charge on any atom is -0.481 e. The highest BCUT2D eigenvalue weighted by Crippen LogP contribution is 2.36. The van der Waals surface area contributed by atoms with Gasteiger partial charge in [-0.2, -0.15) is 0 Å². The summed E-state index contributed by atoms with van der Waals surface area (Å²) in [5.41, 5.74) is -0.517. The van der Waals surface area contributed by atoms with Crippen LogP contribution in [0.15, 0.2) is 0 Å². The Labute approximate surface area is 122 Å². The molecular formula is C16H29NO3. The standard InChI is InChI=1S/C16H29NO3/c1-3-6-14-11-13(7-10-20-14)17-9-5-8-16(4-2,12-17)15(18)19/h13-14H,3-12H2,1-2H3,(H,18,19). The Hall–Kier alpha value is -0.610. The number of piperidine rings is 1. The largest absolute Gasteiger partial charge is 0.481 e. The molecule has 0 aromatic carbocycles. The van der Waals surface area contributed by atoms with Gasteiger partial charge in [0.1, 0.15) is 0 Å². The van der Waals surface area contributed by atoms with E-state index in [-0.39, 0.29) is 0 Å². The number of nitrogens with zero attached hydrogens (tertiary/aromatic N) is 1. The molecule has 2 saturated heterocycles. The number of hydrogen-bond acceptors (Lipinski definition) is 3. The van der Waals surface area contributed by atoms with Crippen molar-refractivity contribution < 1.29 is 14.6 Å². The van der Waals surface area contributed by atoms with Gasteiger partial charge in [-0.1, -0.05) is 20.3 Å². The highest BCUT2D eigenvalue weighted by Gasteiger charge is 2.43. The number of hydrogen-bond donors (Lipinski definition) is 1. The van der Waals surface area contributed by atoms with Gasteiger partial charge < -0.3 is 9.84 Å². The molecular weight excluding hydrogens is 254 g/mol. The van der Waals surface area contributed by atoms with Gasteiger partial charge in [0.15, 0.2) is 0 Å². The summed E-state index contributed by atoms with van der Waals surface area (Å²) in [5, 5.41) is 9.59. The predicted molar refractivity (Wildman–Crippen MR) is 78.8 cm³/mol. The number of carboxylic acids is 1. The second-order valence-electron chi connectivity index (χ2n) is 6.47. The summed E-state index contributed by atoms with van der Waals surface area (Å²) < 4.78 is 5.82. The number of carboxylic acid groups (broad SMARTS) is 1. The van der Waals surface area contributed by atoms with E-state index in [4.69, 9.17) is 4.74 Å². The molecule has 116 valence electrons. The van der Waals surface area contributed by atoms with E-state index in [0.29, 0.717) is 12.1 Å². The van der Waals surface area contributed by atoms with Crippen LogP contribution in [0.25, 0.3) is 0 Å². The lowest BCUT2D eigenvalue weighted by Gasteiger charge is -2.45. The molecule has 2 heterocycles. The van der Waals surface area contributed by atoms with Crippen molar-refractivity contribution in [3.63, 3.8) is 0 Å². The zero-order valence-electron chi connectivity index (χ0n) is 12.9. The van der Waals surface area contributed by atoms with Crippen LogP contribution in [0, 0.1) is 5.41 Å². The average Bonchev–Trinajstić information content (AvgIpc) is 2.48. The Morgan fingerprint density at radius 1 is 1.45 bits per heavy atom. The molecule has 0 saturated carbocycles. The first-order chi connectivity index (χ1) is 9.61. The molecule has 2 aliphatic heterocycles. The molecule has 0 aliphatic carbocycles. The van der Waals surface area contributed by atoms with Gasteiger partial charge in [0.25, 0.3) is 0 Å². The Morgan fingerprint density at radius 3 is 2.90 bits per heavy atom. The summed E-state index contributed by atoms with van der Waals surface area (Å²) in [6, 6.07) is 0.519. The molecule has 0 aromatic rings. The first-order valence-electron chi connectivity index (χ1n) is 8.20. The van der Waals surface area contributed by atoms with Gasteiger partial charge in [0.05, 0.1) is 11.5 Å². The maximum Gasteiger partial charge on any atom is 0.310 e. The fourth-order valence-electron chi connectivity index (χ4n) is 3.81. The van der Waals surface area contributed by atoms with Crippen molar-refractivity contribution in [2.45, 2.75) is 70.9 Å². The van der Waals surface area contributed by atoms with Crippen molar-refractivity contribution in [3.8, 4) is 0 Å². The Morgan fingerprint density at radius 2 is 2.25 bits per heavy atom. The first-order valence-corrected chi connectivity index (χ1v) is 8.20. The molecule has 4 nitrogen and oxygen atoms in total. The number of carbonyl (C=O) groups is 1. The lowest BCUT2D eigenvalue weighted by atomic mass is 9.77. The van der Waals surface area contributed by atoms with Gasteiger partial charge in [-0.25, -0.2) is 0 Å². The molecule has 0 bridgehead atoms. The molecule has 0 spiro atoms. The third-order valence-corrected chi connectivity index (χ3v) is 5.20. The van der Waals surface area contributed by atoms with Crippen LogP contribution in [-0.2, 0) is 9.53 Å². The highest BCUT2D eigenvalue weighted by atomic mass is 16.5. The molecule has 2 fully saturated rings. The van der Waals surface area contributed by atoms with E-state index in [1.165, 1.54) is 0 Å². The summed E-state index contributed by atoms with van der Waals surface area (Å²) in [4.78, 5) is 14.1. The zero-order valence-corrected chi connectivity index (χ0v) is 12.9. The summed E-state index contributed by atoms with van der Waals surface area (Å²) >= 11 is 0. The van der Waals surface area contributed by atoms with E-state index >= 15 is 0 Å². The molecule has 0 aromatic heterocycles. The van der Waals surface area contributed by atoms with Gasteiger partial charge >= 0.3 is 5.97 Å². The summed E-state index contributed by atoms with van der Waals surface area (Å²) in [6.45, 7) is 6.82. The van der Waals surface area contributed by atoms with E-state index < -0.39 is 11.4 Å². The second kappa shape index (κ2) is 6.90. The summed E-state index contributed by atoms with van der Waals surface area (Å²) in [5.74, 6) is -0.609. The van der Waals surface area contributed by atoms with Crippen molar-refractivity contribution in [1.82, 2.24) is 4.90 Å². The molecule has 20 heavy (non-hydrogen) atoms. The molecule has 2 aliphatic rings. The van der Waals surface area contributed by atoms with Crippen LogP contribution in [0.3, 0.4) is 0 Å². The molecule has 1 N–H and O–H groups in total. The van der Waals surface area contributed by atoms with Gasteiger partial charge in [-0.05, 0) is 45.1 Å². The van der Waals surface area contributed by atoms with Crippen LogP contribution in [0.5, 0.6) is 0 Å². The molecule has 0 amide bonds. The van der Waals surface area contributed by atoms with Crippen LogP contribution < -0.4 is 0 Å². The Kier molecular flexibility index (Phi) is 5.44. The van der Waals surface area contributed by atoms with Gasteiger partial charge in [0, 0.05) is 19.2 Å². The van der Waals surface area contributed by atoms with Gasteiger partial charge in [-0.3, -0.25) is 9.69 Å². The van der Waals surface area contributed by atoms with E-state index in [9.17, 15) is 9.90 Å². The Balaban J connectivity index is 1.99. The molecule has 3 atom stereocenters. The normalized spacial score (nSPS) is 35.9. The number of aliphatic carboxylic acids is 1. The van der Waals surface area contributed by atoms with Crippen LogP contribution in [0.4, 0.5) is 0 Å². The highest BCUT2D eigenvalue weighted by molar-refractivity contribution is 5.75. The molecule has 4 heteroatoms. The van der Waals surface area contributed by atoms with Crippen LogP contribution in [0.2, 0.25) is 0 Å². The van der Waals surface area contributed by atoms with Crippen molar-refractivity contribution in [1.29, 1.82) is 0 Å². The van der Waals surface area contributed by atoms with Crippen LogP contribution in [-0.4, -0.2) is 47.8 Å². The quantitative estimate of drug-likeness (QED) is 0.843. The smallest absolute Gasteiger partial charge is 0.310 e. The number of rotatable bonds is 5. The summed E-state index contributed by atoms with van der Waals surface area (Å²) in [7, 11) is 0. The molecule has 3 unspecified atom stereocenters. The first kappa shape index (κ1) is 15.8. The Bertz CT molecular complexity index is 332. The average molecular weight is 283 g/mol. The monoisotopic (exact) mass is 283 g/mol. The zero-order chi connectivity index (χ0) is 14.6. The molecule has 0 radical (unpaired) electrons. The predicted octanol–water partition coefficient (Wildman–Crippen LogP) is 2.91. The number of ether oxygens (including phenoxy) is 1. The topological polar surface area (TPSA) is 49.8 Å². The number of likely N-dealkylation sites (tertiary alicyclic amines) is 1. The van der Waals surface area contributed by atoms with Crippen LogP contribution in [0.1, 0.15) is 58.8 Å². The van der Waals surface area contributed by atoms with Crippen molar-refractivity contribution >= 4 is 5.97 Å². The van der Waals surface area contributed by atoms with Gasteiger partial charge in [0.2, 0.25) is 0 Å². The van der Waals surface area contributed by atoms with E-state index in [1.54, 1.807) is 0 Å². The third kappa shape index (κ3) is 3.34. The lowest BCUT2D eigenvalue weighted by molar-refractivity contribution is -0.154. The van der Waals surface area contributed by atoms with Crippen LogP contribution >= 0.6 is 0 Å². The second-order valence-corrected chi connectivity index (χ2v) is 6.47. The van der Waals surface area contributed by atoms with E-state index in [1.807, 2.05) is 6.92 Å². The minimum atomic E-state index is -0.609. The maximum absolute atomic E-state index is 11.7. The maximum atomic E-state index is 11.7. The fraction of sp³-hybridized carbons (Fsp3) is 0.938. The molecule has 2 rings (SSSR count). The van der Waals surface area contributed by atoms with Crippen molar-refractivity contribution in [2.24, 2.45) is 5.41 Å². The van der Waals surface area contributed by atoms with E-state index in [2.05, 4.69) is 11.8 Å².